The fourth-order valence-corrected chi connectivity index (χ4v) is 4.14. The molecule has 0 atom stereocenters. The molecule has 1 aliphatic rings. The maximum Gasteiger partial charge on any atom is 0.163 e. The highest BCUT2D eigenvalue weighted by molar-refractivity contribution is 5.86. The monoisotopic (exact) mass is 420 g/mol. The summed E-state index contributed by atoms with van der Waals surface area (Å²) in [6.45, 7) is 5.76. The fraction of sp³-hybridized carbons (Fsp3) is 0.261. The van der Waals surface area contributed by atoms with Crippen LogP contribution in [0.3, 0.4) is 0 Å². The number of fused-ring (bicyclic) bond motifs is 1. The van der Waals surface area contributed by atoms with Crippen molar-refractivity contribution < 1.29 is 8.78 Å². The Morgan fingerprint density at radius 1 is 0.935 bits per heavy atom. The molecule has 4 aromatic rings. The summed E-state index contributed by atoms with van der Waals surface area (Å²) in [5.74, 6) is -0.355. The van der Waals surface area contributed by atoms with Gasteiger partial charge in [-0.25, -0.2) is 23.4 Å². The summed E-state index contributed by atoms with van der Waals surface area (Å²) in [6, 6.07) is 12.0. The van der Waals surface area contributed by atoms with Crippen LogP contribution in [-0.2, 0) is 6.54 Å². The molecule has 158 valence electrons. The van der Waals surface area contributed by atoms with E-state index >= 15 is 0 Å². The van der Waals surface area contributed by atoms with Crippen molar-refractivity contribution in [3.05, 3.63) is 77.8 Å². The van der Waals surface area contributed by atoms with Crippen LogP contribution in [0.1, 0.15) is 11.1 Å². The van der Waals surface area contributed by atoms with Crippen molar-refractivity contribution in [3.8, 4) is 0 Å². The van der Waals surface area contributed by atoms with Crippen LogP contribution in [0.4, 0.5) is 20.3 Å². The van der Waals surface area contributed by atoms with E-state index in [9.17, 15) is 8.78 Å². The van der Waals surface area contributed by atoms with Gasteiger partial charge in [0.1, 0.15) is 23.8 Å². The molecule has 1 aliphatic heterocycles. The molecule has 0 bridgehead atoms. The second kappa shape index (κ2) is 7.94. The van der Waals surface area contributed by atoms with Gasteiger partial charge >= 0.3 is 0 Å². The van der Waals surface area contributed by atoms with Gasteiger partial charge in [0.15, 0.2) is 5.65 Å². The van der Waals surface area contributed by atoms with Gasteiger partial charge in [0.05, 0.1) is 18.1 Å². The molecule has 6 nitrogen and oxygen atoms in total. The zero-order chi connectivity index (χ0) is 21.4. The topological polar surface area (TPSA) is 50.1 Å². The molecule has 2 aromatic carbocycles. The zero-order valence-electron chi connectivity index (χ0n) is 17.2. The van der Waals surface area contributed by atoms with Gasteiger partial charge in [-0.15, -0.1) is 0 Å². The van der Waals surface area contributed by atoms with Crippen LogP contribution in [0.5, 0.6) is 0 Å². The molecule has 0 spiro atoms. The largest absolute Gasteiger partial charge is 0.368 e. The summed E-state index contributed by atoms with van der Waals surface area (Å²) >= 11 is 0. The van der Waals surface area contributed by atoms with Crippen molar-refractivity contribution in [2.75, 3.05) is 36.0 Å². The van der Waals surface area contributed by atoms with Crippen LogP contribution in [-0.4, -0.2) is 45.9 Å². The maximum atomic E-state index is 14.1. The van der Waals surface area contributed by atoms with Gasteiger partial charge in [0.25, 0.3) is 0 Å². The van der Waals surface area contributed by atoms with Crippen molar-refractivity contribution >= 4 is 22.5 Å². The van der Waals surface area contributed by atoms with Crippen LogP contribution >= 0.6 is 0 Å². The summed E-state index contributed by atoms with van der Waals surface area (Å²) in [4.78, 5) is 13.5. The Morgan fingerprint density at radius 2 is 1.71 bits per heavy atom. The first kappa shape index (κ1) is 19.4. The Bertz CT molecular complexity index is 1230. The van der Waals surface area contributed by atoms with E-state index in [4.69, 9.17) is 0 Å². The summed E-state index contributed by atoms with van der Waals surface area (Å²) in [5, 5.41) is 5.23. The molecule has 1 fully saturated rings. The van der Waals surface area contributed by atoms with E-state index in [-0.39, 0.29) is 6.54 Å². The highest BCUT2D eigenvalue weighted by atomic mass is 19.1. The van der Waals surface area contributed by atoms with E-state index in [1.165, 1.54) is 29.7 Å². The molecule has 3 heterocycles. The van der Waals surface area contributed by atoms with E-state index < -0.39 is 11.6 Å². The fourth-order valence-electron chi connectivity index (χ4n) is 4.14. The molecule has 5 rings (SSSR count). The minimum absolute atomic E-state index is 0.174. The number of hydrogen-bond acceptors (Lipinski definition) is 5. The number of piperazine rings is 1. The molecule has 1 saturated heterocycles. The third-order valence-electron chi connectivity index (χ3n) is 5.78. The van der Waals surface area contributed by atoms with Crippen LogP contribution in [0, 0.1) is 18.6 Å². The lowest BCUT2D eigenvalue weighted by Crippen LogP contribution is -2.47. The molecule has 0 N–H and O–H groups in total. The van der Waals surface area contributed by atoms with E-state index in [1.807, 2.05) is 0 Å². The first-order chi connectivity index (χ1) is 15.1. The number of aromatic nitrogens is 4. The summed E-state index contributed by atoms with van der Waals surface area (Å²) in [7, 11) is 0. The van der Waals surface area contributed by atoms with E-state index in [0.717, 1.165) is 43.4 Å². The van der Waals surface area contributed by atoms with Gasteiger partial charge < -0.3 is 9.80 Å². The summed E-state index contributed by atoms with van der Waals surface area (Å²) in [5.41, 5.74) is 3.53. The Labute approximate surface area is 178 Å². The number of aryl methyl sites for hydroxylation is 1. The van der Waals surface area contributed by atoms with Gasteiger partial charge in [0, 0.05) is 43.5 Å². The van der Waals surface area contributed by atoms with E-state index in [1.54, 1.807) is 10.9 Å². The molecule has 0 amide bonds. The maximum absolute atomic E-state index is 14.1. The average Bonchev–Trinajstić information content (AvgIpc) is 3.19. The summed E-state index contributed by atoms with van der Waals surface area (Å²) < 4.78 is 28.9. The van der Waals surface area contributed by atoms with Crippen molar-refractivity contribution in [1.82, 2.24) is 19.7 Å². The molecule has 0 aliphatic carbocycles. The third-order valence-corrected chi connectivity index (χ3v) is 5.78. The quantitative estimate of drug-likeness (QED) is 0.503. The van der Waals surface area contributed by atoms with Gasteiger partial charge in [-0.05, 0) is 24.6 Å². The van der Waals surface area contributed by atoms with E-state index in [2.05, 4.69) is 56.1 Å². The molecular weight excluding hydrogens is 398 g/mol. The Morgan fingerprint density at radius 3 is 2.48 bits per heavy atom. The average molecular weight is 420 g/mol. The molecule has 2 aromatic heterocycles. The van der Waals surface area contributed by atoms with Gasteiger partial charge in [0.2, 0.25) is 0 Å². The normalized spacial score (nSPS) is 14.4. The molecular formula is C23H22F2N6. The van der Waals surface area contributed by atoms with Gasteiger partial charge in [-0.1, -0.05) is 24.3 Å². The van der Waals surface area contributed by atoms with Crippen molar-refractivity contribution in [2.45, 2.75) is 13.5 Å². The highest BCUT2D eigenvalue weighted by Gasteiger charge is 2.22. The van der Waals surface area contributed by atoms with Crippen LogP contribution < -0.4 is 9.80 Å². The number of benzene rings is 2. The van der Waals surface area contributed by atoms with Crippen LogP contribution in [0.2, 0.25) is 0 Å². The van der Waals surface area contributed by atoms with E-state index in [0.29, 0.717) is 11.2 Å². The first-order valence-electron chi connectivity index (χ1n) is 10.3. The Hall–Kier alpha value is -3.55. The number of para-hydroxylation sites is 1. The van der Waals surface area contributed by atoms with Crippen molar-refractivity contribution in [1.29, 1.82) is 0 Å². The number of hydrogen-bond donors (Lipinski definition) is 0. The number of anilines is 2. The predicted octanol–water partition coefficient (Wildman–Crippen LogP) is 3.79. The van der Waals surface area contributed by atoms with Crippen LogP contribution in [0.15, 0.2) is 55.0 Å². The van der Waals surface area contributed by atoms with Crippen LogP contribution in [0.25, 0.3) is 11.0 Å². The minimum Gasteiger partial charge on any atom is -0.368 e. The SMILES string of the molecule is Cc1ccccc1N1CCN(c2ncnc3c2cnn3Cc2ccc(F)cc2F)CC1. The standard InChI is InChI=1S/C23H22F2N6/c1-16-4-2-3-5-21(16)29-8-10-30(11-9-29)22-19-13-28-31(23(19)27-15-26-22)14-17-6-7-18(24)12-20(17)25/h2-7,12-13,15H,8-11,14H2,1H3. The lowest BCUT2D eigenvalue weighted by Gasteiger charge is -2.37. The van der Waals surface area contributed by atoms with Crippen molar-refractivity contribution in [3.63, 3.8) is 0 Å². The molecule has 31 heavy (non-hydrogen) atoms. The smallest absolute Gasteiger partial charge is 0.163 e. The Balaban J connectivity index is 1.37. The Kier molecular flexibility index (Phi) is 4.97. The lowest BCUT2D eigenvalue weighted by atomic mass is 10.1. The van der Waals surface area contributed by atoms with Gasteiger partial charge in [-0.2, -0.15) is 5.10 Å². The lowest BCUT2D eigenvalue weighted by molar-refractivity contribution is 0.560. The molecule has 8 heteroatoms. The second-order valence-electron chi connectivity index (χ2n) is 7.73. The predicted molar refractivity (Wildman–Crippen MR) is 116 cm³/mol. The third kappa shape index (κ3) is 3.69. The summed E-state index contributed by atoms with van der Waals surface area (Å²) in [6.07, 6.45) is 3.24. The number of rotatable bonds is 4. The minimum atomic E-state index is -0.596. The van der Waals surface area contributed by atoms with Crippen molar-refractivity contribution in [2.24, 2.45) is 0 Å². The number of nitrogens with zero attached hydrogens (tertiary/aromatic N) is 6. The zero-order valence-corrected chi connectivity index (χ0v) is 17.2. The molecule has 0 radical (unpaired) electrons. The molecule has 0 unspecified atom stereocenters. The highest BCUT2D eigenvalue weighted by Crippen LogP contribution is 2.27. The number of halogens is 2. The second-order valence-corrected chi connectivity index (χ2v) is 7.73. The van der Waals surface area contributed by atoms with Gasteiger partial charge in [-0.3, -0.25) is 0 Å². The molecule has 0 saturated carbocycles. The first-order valence-corrected chi connectivity index (χ1v) is 10.3.